The molecule has 3 aliphatic rings. The van der Waals surface area contributed by atoms with E-state index in [0.29, 0.717) is 18.0 Å². The van der Waals surface area contributed by atoms with Crippen LogP contribution in [-0.2, 0) is 10.0 Å². The van der Waals surface area contributed by atoms with Crippen LogP contribution in [-0.4, -0.2) is 67.9 Å². The van der Waals surface area contributed by atoms with Gasteiger partial charge in [-0.15, -0.1) is 0 Å². The van der Waals surface area contributed by atoms with Crippen molar-refractivity contribution in [2.24, 2.45) is 0 Å². The Hall–Kier alpha value is -1.96. The smallest absolute Gasteiger partial charge is 0.243 e. The zero-order valence-corrected chi connectivity index (χ0v) is 18.9. The third-order valence-electron chi connectivity index (χ3n) is 7.12. The summed E-state index contributed by atoms with van der Waals surface area (Å²) in [5.74, 6) is 1.03. The topological polar surface area (TPSA) is 56.8 Å². The molecule has 2 saturated heterocycles. The van der Waals surface area contributed by atoms with Crippen LogP contribution in [0.2, 0.25) is 0 Å². The Morgan fingerprint density at radius 2 is 1.42 bits per heavy atom. The molecule has 1 aromatic heterocycles. The number of sulfonamides is 1. The number of piperidine rings is 1. The number of piperazine rings is 1. The minimum absolute atomic E-state index is 0.382. The lowest BCUT2D eigenvalue weighted by Gasteiger charge is -2.43. The van der Waals surface area contributed by atoms with Crippen molar-refractivity contribution < 1.29 is 8.42 Å². The number of aromatic nitrogens is 1. The third-order valence-corrected chi connectivity index (χ3v) is 9.03. The quantitative estimate of drug-likeness (QED) is 0.711. The molecule has 1 aliphatic carbocycles. The molecule has 6 nitrogen and oxygen atoms in total. The second kappa shape index (κ2) is 8.88. The zero-order valence-electron chi connectivity index (χ0n) is 18.1. The molecular weight excluding hydrogens is 408 g/mol. The molecule has 3 heterocycles. The Labute approximate surface area is 185 Å². The highest BCUT2D eigenvalue weighted by Crippen LogP contribution is 2.28. The molecule has 5 rings (SSSR count). The highest BCUT2D eigenvalue weighted by atomic mass is 32.2. The lowest BCUT2D eigenvalue weighted by molar-refractivity contribution is 0.120. The summed E-state index contributed by atoms with van der Waals surface area (Å²) in [6, 6.07) is 12.2. The van der Waals surface area contributed by atoms with Crippen LogP contribution >= 0.6 is 0 Å². The molecule has 2 aliphatic heterocycles. The van der Waals surface area contributed by atoms with E-state index in [4.69, 9.17) is 4.98 Å². The number of benzene rings is 1. The van der Waals surface area contributed by atoms with Gasteiger partial charge in [0.1, 0.15) is 5.82 Å². The van der Waals surface area contributed by atoms with Crippen LogP contribution in [0, 0.1) is 0 Å². The number of hydrogen-bond donors (Lipinski definition) is 0. The number of nitrogens with zero attached hydrogens (tertiary/aromatic N) is 4. The van der Waals surface area contributed by atoms with Gasteiger partial charge in [0, 0.05) is 57.1 Å². The molecule has 0 N–H and O–H groups in total. The first-order valence-electron chi connectivity index (χ1n) is 11.7. The van der Waals surface area contributed by atoms with Gasteiger partial charge in [0.2, 0.25) is 10.0 Å². The van der Waals surface area contributed by atoms with E-state index in [0.717, 1.165) is 68.4 Å². The van der Waals surface area contributed by atoms with E-state index >= 15 is 0 Å². The van der Waals surface area contributed by atoms with E-state index in [1.54, 1.807) is 16.4 Å². The predicted octanol–water partition coefficient (Wildman–Crippen LogP) is 3.60. The van der Waals surface area contributed by atoms with Gasteiger partial charge in [0.15, 0.2) is 0 Å². The van der Waals surface area contributed by atoms with Gasteiger partial charge in [-0.05, 0) is 55.5 Å². The summed E-state index contributed by atoms with van der Waals surface area (Å²) in [5, 5.41) is 0. The van der Waals surface area contributed by atoms with Crippen molar-refractivity contribution in [3.8, 4) is 11.1 Å². The van der Waals surface area contributed by atoms with Crippen LogP contribution in [0.5, 0.6) is 0 Å². The first-order chi connectivity index (χ1) is 15.1. The Kier molecular flexibility index (Phi) is 5.99. The Morgan fingerprint density at radius 3 is 2.00 bits per heavy atom. The summed E-state index contributed by atoms with van der Waals surface area (Å²) >= 11 is 0. The van der Waals surface area contributed by atoms with Crippen molar-refractivity contribution in [3.05, 3.63) is 42.6 Å². The molecule has 2 aromatic rings. The van der Waals surface area contributed by atoms with E-state index in [2.05, 4.69) is 21.9 Å². The number of hydrogen-bond acceptors (Lipinski definition) is 5. The lowest BCUT2D eigenvalue weighted by Crippen LogP contribution is -2.52. The van der Waals surface area contributed by atoms with E-state index < -0.39 is 10.0 Å². The van der Waals surface area contributed by atoms with Crippen molar-refractivity contribution >= 4 is 15.8 Å². The van der Waals surface area contributed by atoms with Gasteiger partial charge in [-0.2, -0.15) is 4.31 Å². The second-order valence-electron chi connectivity index (χ2n) is 9.00. The van der Waals surface area contributed by atoms with Gasteiger partial charge >= 0.3 is 0 Å². The maximum atomic E-state index is 12.8. The van der Waals surface area contributed by atoms with Gasteiger partial charge in [-0.3, -0.25) is 4.90 Å². The zero-order chi connectivity index (χ0) is 21.3. The Balaban J connectivity index is 1.24. The summed E-state index contributed by atoms with van der Waals surface area (Å²) in [6.07, 6.45) is 9.04. The molecule has 7 heteroatoms. The van der Waals surface area contributed by atoms with Gasteiger partial charge in [0.25, 0.3) is 0 Å². The largest absolute Gasteiger partial charge is 0.354 e. The average Bonchev–Trinajstić information content (AvgIpc) is 2.79. The summed E-state index contributed by atoms with van der Waals surface area (Å²) in [7, 11) is -3.38. The maximum absolute atomic E-state index is 12.8. The summed E-state index contributed by atoms with van der Waals surface area (Å²) in [6.45, 7) is 5.58. The molecule has 0 spiro atoms. The van der Waals surface area contributed by atoms with E-state index in [1.165, 1.54) is 19.3 Å². The summed E-state index contributed by atoms with van der Waals surface area (Å²) in [5.41, 5.74) is 2.00. The first kappa shape index (κ1) is 20.9. The monoisotopic (exact) mass is 440 g/mol. The summed E-state index contributed by atoms with van der Waals surface area (Å²) < 4.78 is 27.3. The SMILES string of the molecule is O=S(=O)(c1ccc(-c2ccc(N3CCN(C4CCC4)CC3)nc2)cc1)N1CCCCC1. The second-order valence-corrected chi connectivity index (χ2v) is 10.9. The molecule has 166 valence electrons. The van der Waals surface area contributed by atoms with Crippen molar-refractivity contribution in [2.75, 3.05) is 44.2 Å². The van der Waals surface area contributed by atoms with Crippen LogP contribution in [0.25, 0.3) is 11.1 Å². The maximum Gasteiger partial charge on any atom is 0.243 e. The van der Waals surface area contributed by atoms with Gasteiger partial charge in [-0.25, -0.2) is 13.4 Å². The van der Waals surface area contributed by atoms with E-state index in [1.807, 2.05) is 18.3 Å². The normalized spacial score (nSPS) is 21.7. The lowest BCUT2D eigenvalue weighted by atomic mass is 9.91. The fourth-order valence-corrected chi connectivity index (χ4v) is 6.40. The molecule has 0 radical (unpaired) electrons. The predicted molar refractivity (Wildman–Crippen MR) is 124 cm³/mol. The molecule has 0 atom stereocenters. The van der Waals surface area contributed by atoms with Gasteiger partial charge in [0.05, 0.1) is 4.90 Å². The highest BCUT2D eigenvalue weighted by molar-refractivity contribution is 7.89. The van der Waals surface area contributed by atoms with Crippen LogP contribution in [0.1, 0.15) is 38.5 Å². The Morgan fingerprint density at radius 1 is 0.742 bits per heavy atom. The van der Waals surface area contributed by atoms with E-state index in [9.17, 15) is 8.42 Å². The third kappa shape index (κ3) is 4.36. The van der Waals surface area contributed by atoms with Crippen LogP contribution in [0.15, 0.2) is 47.5 Å². The molecule has 0 amide bonds. The van der Waals surface area contributed by atoms with Crippen LogP contribution < -0.4 is 4.90 Å². The average molecular weight is 441 g/mol. The van der Waals surface area contributed by atoms with Gasteiger partial charge < -0.3 is 4.90 Å². The molecule has 0 bridgehead atoms. The molecule has 1 saturated carbocycles. The Bertz CT molecular complexity index is 973. The molecular formula is C24H32N4O2S. The van der Waals surface area contributed by atoms with Gasteiger partial charge in [-0.1, -0.05) is 25.0 Å². The molecule has 3 fully saturated rings. The van der Waals surface area contributed by atoms with Crippen molar-refractivity contribution in [1.82, 2.24) is 14.2 Å². The highest BCUT2D eigenvalue weighted by Gasteiger charge is 2.28. The number of pyridine rings is 1. The first-order valence-corrected chi connectivity index (χ1v) is 13.1. The molecule has 31 heavy (non-hydrogen) atoms. The van der Waals surface area contributed by atoms with E-state index in [-0.39, 0.29) is 0 Å². The molecule has 0 unspecified atom stereocenters. The van der Waals surface area contributed by atoms with Crippen LogP contribution in [0.3, 0.4) is 0 Å². The minimum Gasteiger partial charge on any atom is -0.354 e. The number of anilines is 1. The summed E-state index contributed by atoms with van der Waals surface area (Å²) in [4.78, 5) is 10.1. The van der Waals surface area contributed by atoms with Crippen molar-refractivity contribution in [1.29, 1.82) is 0 Å². The fourth-order valence-electron chi connectivity index (χ4n) is 4.89. The minimum atomic E-state index is -3.38. The van der Waals surface area contributed by atoms with Crippen molar-refractivity contribution in [3.63, 3.8) is 0 Å². The number of rotatable bonds is 5. The standard InChI is InChI=1S/C24H32N4O2S/c29-31(30,28-13-2-1-3-14-28)23-10-7-20(8-11-23)21-9-12-24(25-19-21)27-17-15-26(16-18-27)22-5-4-6-22/h7-12,19,22H,1-6,13-18H2. The molecule has 1 aromatic carbocycles. The van der Waals surface area contributed by atoms with Crippen LogP contribution in [0.4, 0.5) is 5.82 Å². The fraction of sp³-hybridized carbons (Fsp3) is 0.542. The van der Waals surface area contributed by atoms with Crippen molar-refractivity contribution in [2.45, 2.75) is 49.5 Å².